The molecule has 20 heavy (non-hydrogen) atoms. The van der Waals surface area contributed by atoms with Gasteiger partial charge in [-0.2, -0.15) is 0 Å². The number of hydrogen-bond acceptors (Lipinski definition) is 4. The zero-order chi connectivity index (χ0) is 14.5. The summed E-state index contributed by atoms with van der Waals surface area (Å²) in [6.07, 6.45) is -0.878. The number of halogens is 1. The molecule has 0 bridgehead atoms. The van der Waals surface area contributed by atoms with E-state index in [9.17, 15) is 14.0 Å². The number of nitrogens with one attached hydrogen (secondary N) is 2. The molecule has 2 N–H and O–H groups in total. The molecule has 1 unspecified atom stereocenters. The number of carbonyl (C=O) groups is 2. The zero-order valence-electron chi connectivity index (χ0n) is 10.7. The largest absolute Gasteiger partial charge is 0.359 e. The second kappa shape index (κ2) is 6.29. The van der Waals surface area contributed by atoms with Crippen molar-refractivity contribution in [2.24, 2.45) is 0 Å². The summed E-state index contributed by atoms with van der Waals surface area (Å²) in [6, 6.07) is 9.03. The molecule has 0 saturated carbocycles. The van der Waals surface area contributed by atoms with Crippen molar-refractivity contribution < 1.29 is 14.0 Å². The molecule has 0 aliphatic heterocycles. The highest BCUT2D eigenvalue weighted by molar-refractivity contribution is 7.12. The molecule has 4 nitrogen and oxygen atoms in total. The molecule has 1 aromatic heterocycles. The van der Waals surface area contributed by atoms with Crippen molar-refractivity contribution in [1.29, 1.82) is 0 Å². The lowest BCUT2D eigenvalue weighted by atomic mass is 10.2. The third kappa shape index (κ3) is 3.64. The summed E-state index contributed by atoms with van der Waals surface area (Å²) in [5.41, 5.74) is 0.551. The van der Waals surface area contributed by atoms with Crippen LogP contribution >= 0.6 is 11.3 Å². The molecule has 0 aliphatic carbocycles. The Morgan fingerprint density at radius 2 is 1.90 bits per heavy atom. The Hall–Kier alpha value is -2.21. The van der Waals surface area contributed by atoms with Gasteiger partial charge >= 0.3 is 0 Å². The van der Waals surface area contributed by atoms with Crippen LogP contribution in [0.5, 0.6) is 0 Å². The Morgan fingerprint density at radius 3 is 2.45 bits per heavy atom. The average Bonchev–Trinajstić information content (AvgIpc) is 2.93. The summed E-state index contributed by atoms with van der Waals surface area (Å²) in [7, 11) is 0. The molecule has 1 heterocycles. The van der Waals surface area contributed by atoms with Crippen molar-refractivity contribution >= 4 is 28.7 Å². The van der Waals surface area contributed by atoms with Crippen LogP contribution in [0.15, 0.2) is 41.8 Å². The Bertz CT molecular complexity index is 596. The van der Waals surface area contributed by atoms with Gasteiger partial charge in [-0.25, -0.2) is 4.39 Å². The molecular weight excluding hydrogens is 279 g/mol. The van der Waals surface area contributed by atoms with Gasteiger partial charge < -0.3 is 10.6 Å². The van der Waals surface area contributed by atoms with E-state index in [1.165, 1.54) is 42.5 Å². The van der Waals surface area contributed by atoms with E-state index in [0.717, 1.165) is 0 Å². The highest BCUT2D eigenvalue weighted by Crippen LogP contribution is 2.14. The molecule has 1 atom stereocenters. The maximum absolute atomic E-state index is 12.9. The molecule has 0 saturated heterocycles. The summed E-state index contributed by atoms with van der Waals surface area (Å²) >= 11 is 1.30. The monoisotopic (exact) mass is 292 g/mol. The molecule has 104 valence electrons. The van der Waals surface area contributed by atoms with Crippen LogP contribution in [0, 0.1) is 5.82 Å². The summed E-state index contributed by atoms with van der Waals surface area (Å²) in [5, 5.41) is 7.22. The summed E-state index contributed by atoms with van der Waals surface area (Å²) < 4.78 is 12.9. The molecule has 2 rings (SSSR count). The van der Waals surface area contributed by atoms with Crippen LogP contribution in [0.3, 0.4) is 0 Å². The minimum absolute atomic E-state index is 0.237. The van der Waals surface area contributed by atoms with E-state index in [1.54, 1.807) is 17.5 Å². The molecule has 0 aliphatic rings. The molecule has 1 aromatic carbocycles. The van der Waals surface area contributed by atoms with Gasteiger partial charge in [-0.15, -0.1) is 11.3 Å². The van der Waals surface area contributed by atoms with Crippen LogP contribution in [0.2, 0.25) is 0 Å². The number of rotatable bonds is 5. The fourth-order valence-electron chi connectivity index (χ4n) is 1.64. The number of thiophene rings is 1. The first kappa shape index (κ1) is 14.2. The lowest BCUT2D eigenvalue weighted by Crippen LogP contribution is -2.45. The Balaban J connectivity index is 2.17. The number of hydrogen-bond donors (Lipinski definition) is 2. The lowest BCUT2D eigenvalue weighted by Gasteiger charge is -2.18. The number of Topliss-reactive ketones (excluding diaryl/α,β-unsaturated/α-hetero) is 1. The van der Waals surface area contributed by atoms with E-state index >= 15 is 0 Å². The highest BCUT2D eigenvalue weighted by atomic mass is 32.1. The number of benzene rings is 1. The van der Waals surface area contributed by atoms with Crippen LogP contribution in [0.4, 0.5) is 10.1 Å². The number of anilines is 1. The molecule has 0 spiro atoms. The van der Waals surface area contributed by atoms with Gasteiger partial charge in [0.1, 0.15) is 5.82 Å². The predicted octanol–water partition coefficient (Wildman–Crippen LogP) is 2.64. The van der Waals surface area contributed by atoms with Gasteiger partial charge in [0, 0.05) is 12.6 Å². The van der Waals surface area contributed by atoms with Crippen LogP contribution in [-0.2, 0) is 4.79 Å². The Morgan fingerprint density at radius 1 is 1.20 bits per heavy atom. The van der Waals surface area contributed by atoms with E-state index in [2.05, 4.69) is 10.6 Å². The van der Waals surface area contributed by atoms with Gasteiger partial charge in [0.15, 0.2) is 6.17 Å². The van der Waals surface area contributed by atoms with Gasteiger partial charge in [0.05, 0.1) is 4.88 Å². The van der Waals surface area contributed by atoms with Crippen molar-refractivity contribution in [3.63, 3.8) is 0 Å². The van der Waals surface area contributed by atoms with Crippen LogP contribution < -0.4 is 10.6 Å². The maximum atomic E-state index is 12.9. The second-order valence-electron chi connectivity index (χ2n) is 4.13. The molecule has 1 amide bonds. The van der Waals surface area contributed by atoms with Crippen molar-refractivity contribution in [2.75, 3.05) is 5.32 Å². The fraction of sp³-hybridized carbons (Fsp3) is 0.143. The van der Waals surface area contributed by atoms with Gasteiger partial charge in [-0.1, -0.05) is 6.07 Å². The van der Waals surface area contributed by atoms with Gasteiger partial charge in [0.2, 0.25) is 11.7 Å². The maximum Gasteiger partial charge on any atom is 0.218 e. The highest BCUT2D eigenvalue weighted by Gasteiger charge is 2.21. The van der Waals surface area contributed by atoms with Crippen molar-refractivity contribution in [3.05, 3.63) is 52.5 Å². The topological polar surface area (TPSA) is 58.2 Å². The van der Waals surface area contributed by atoms with Gasteiger partial charge in [0.25, 0.3) is 0 Å². The van der Waals surface area contributed by atoms with E-state index in [0.29, 0.717) is 10.6 Å². The van der Waals surface area contributed by atoms with E-state index in [1.807, 2.05) is 0 Å². The second-order valence-corrected chi connectivity index (χ2v) is 5.07. The SMILES string of the molecule is CC(=O)NC(Nc1ccc(F)cc1)C(=O)c1cccs1. The lowest BCUT2D eigenvalue weighted by molar-refractivity contribution is -0.119. The molecular formula is C14H13FN2O2S. The fourth-order valence-corrected chi connectivity index (χ4v) is 2.34. The van der Waals surface area contributed by atoms with E-state index in [4.69, 9.17) is 0 Å². The number of carbonyl (C=O) groups excluding carboxylic acids is 2. The molecule has 6 heteroatoms. The van der Waals surface area contributed by atoms with E-state index < -0.39 is 6.17 Å². The quantitative estimate of drug-likeness (QED) is 0.658. The standard InChI is InChI=1S/C14H13FN2O2S/c1-9(18)16-14(13(19)12-3-2-8-20-12)17-11-6-4-10(15)5-7-11/h2-8,14,17H,1H3,(H,16,18). The first-order valence-corrected chi connectivity index (χ1v) is 6.81. The normalized spacial score (nSPS) is 11.7. The number of ketones is 1. The zero-order valence-corrected chi connectivity index (χ0v) is 11.5. The first-order chi connectivity index (χ1) is 9.56. The van der Waals surface area contributed by atoms with Gasteiger partial charge in [-0.05, 0) is 35.7 Å². The first-order valence-electron chi connectivity index (χ1n) is 5.93. The summed E-state index contributed by atoms with van der Waals surface area (Å²) in [6.45, 7) is 1.33. The summed E-state index contributed by atoms with van der Waals surface area (Å²) in [5.74, 6) is -0.926. The van der Waals surface area contributed by atoms with E-state index in [-0.39, 0.29) is 17.5 Å². The smallest absolute Gasteiger partial charge is 0.218 e. The third-order valence-electron chi connectivity index (χ3n) is 2.53. The van der Waals surface area contributed by atoms with Crippen LogP contribution in [0.1, 0.15) is 16.6 Å². The van der Waals surface area contributed by atoms with Crippen molar-refractivity contribution in [1.82, 2.24) is 5.32 Å². The third-order valence-corrected chi connectivity index (χ3v) is 3.41. The van der Waals surface area contributed by atoms with Crippen molar-refractivity contribution in [2.45, 2.75) is 13.1 Å². The van der Waals surface area contributed by atoms with Crippen molar-refractivity contribution in [3.8, 4) is 0 Å². The average molecular weight is 292 g/mol. The minimum atomic E-state index is -0.878. The summed E-state index contributed by atoms with van der Waals surface area (Å²) in [4.78, 5) is 24.0. The predicted molar refractivity (Wildman–Crippen MR) is 76.3 cm³/mol. The van der Waals surface area contributed by atoms with Crippen LogP contribution in [-0.4, -0.2) is 17.9 Å². The molecule has 2 aromatic rings. The minimum Gasteiger partial charge on any atom is -0.359 e. The number of amides is 1. The van der Waals surface area contributed by atoms with Crippen LogP contribution in [0.25, 0.3) is 0 Å². The Kier molecular flexibility index (Phi) is 4.47. The molecule has 0 fully saturated rings. The molecule has 0 radical (unpaired) electrons. The van der Waals surface area contributed by atoms with Gasteiger partial charge in [-0.3, -0.25) is 9.59 Å². The Labute approximate surface area is 119 Å².